The van der Waals surface area contributed by atoms with E-state index in [0.29, 0.717) is 31.7 Å². The third-order valence-electron chi connectivity index (χ3n) is 4.82. The Morgan fingerprint density at radius 1 is 1.31 bits per heavy atom. The second-order valence-corrected chi connectivity index (χ2v) is 6.73. The van der Waals surface area contributed by atoms with Crippen molar-refractivity contribution in [2.45, 2.75) is 32.3 Å². The molecule has 26 heavy (non-hydrogen) atoms. The molecule has 6 nitrogen and oxygen atoms in total. The van der Waals surface area contributed by atoms with Gasteiger partial charge in [0.2, 0.25) is 5.88 Å². The fourth-order valence-corrected chi connectivity index (χ4v) is 3.30. The number of aliphatic hydroxyl groups excluding tert-OH is 1. The molecule has 6 heteroatoms. The van der Waals surface area contributed by atoms with E-state index in [-0.39, 0.29) is 17.8 Å². The first kappa shape index (κ1) is 16.7. The summed E-state index contributed by atoms with van der Waals surface area (Å²) in [6.45, 7) is 2.50. The predicted molar refractivity (Wildman–Crippen MR) is 97.9 cm³/mol. The van der Waals surface area contributed by atoms with Gasteiger partial charge in [-0.25, -0.2) is 4.98 Å². The molecular formula is C20H21N3O3. The molecule has 0 aromatic carbocycles. The summed E-state index contributed by atoms with van der Waals surface area (Å²) in [6, 6.07) is 7.78. The fourth-order valence-electron chi connectivity index (χ4n) is 3.30. The molecule has 1 aliphatic rings. The Balaban J connectivity index is 1.56. The third kappa shape index (κ3) is 3.32. The number of aromatic amines is 1. The predicted octanol–water partition coefficient (Wildman–Crippen LogP) is 2.91. The van der Waals surface area contributed by atoms with Gasteiger partial charge in [-0.1, -0.05) is 0 Å². The zero-order valence-electron chi connectivity index (χ0n) is 14.6. The van der Waals surface area contributed by atoms with Gasteiger partial charge >= 0.3 is 0 Å². The molecule has 1 saturated carbocycles. The summed E-state index contributed by atoms with van der Waals surface area (Å²) in [4.78, 5) is 24.2. The highest BCUT2D eigenvalue weighted by Crippen LogP contribution is 2.30. The van der Waals surface area contributed by atoms with Gasteiger partial charge in [-0.15, -0.1) is 0 Å². The molecular weight excluding hydrogens is 330 g/mol. The van der Waals surface area contributed by atoms with Gasteiger partial charge in [0.05, 0.1) is 12.7 Å². The van der Waals surface area contributed by atoms with E-state index < -0.39 is 0 Å². The number of aromatic nitrogens is 3. The number of aliphatic hydroxyl groups is 1. The quantitative estimate of drug-likeness (QED) is 0.713. The first-order chi connectivity index (χ1) is 12.6. The highest BCUT2D eigenvalue weighted by Gasteiger charge is 2.32. The van der Waals surface area contributed by atoms with Crippen molar-refractivity contribution in [3.8, 4) is 17.1 Å². The number of hydrogen-bond donors (Lipinski definition) is 2. The first-order valence-electron chi connectivity index (χ1n) is 8.90. The minimum Gasteiger partial charge on any atom is -0.478 e. The second-order valence-electron chi connectivity index (χ2n) is 6.73. The van der Waals surface area contributed by atoms with Crippen LogP contribution in [0.5, 0.6) is 5.88 Å². The molecule has 2 N–H and O–H groups in total. The zero-order valence-corrected chi connectivity index (χ0v) is 14.6. The zero-order chi connectivity index (χ0) is 18.1. The summed E-state index contributed by atoms with van der Waals surface area (Å²) in [5.74, 6) is 0.732. The molecule has 0 radical (unpaired) electrons. The van der Waals surface area contributed by atoms with Crippen LogP contribution < -0.4 is 4.74 Å². The number of rotatable bonds is 6. The monoisotopic (exact) mass is 351 g/mol. The van der Waals surface area contributed by atoms with E-state index in [9.17, 15) is 9.90 Å². The van der Waals surface area contributed by atoms with Gasteiger partial charge < -0.3 is 14.8 Å². The number of Topliss-reactive ketones (excluding diaryl/α,β-unsaturated/α-hetero) is 1. The van der Waals surface area contributed by atoms with E-state index in [1.165, 1.54) is 0 Å². The molecule has 134 valence electrons. The van der Waals surface area contributed by atoms with Crippen LogP contribution in [0.1, 0.15) is 25.5 Å². The molecule has 1 aliphatic carbocycles. The molecule has 0 unspecified atom stereocenters. The minimum absolute atomic E-state index is 0.0181. The van der Waals surface area contributed by atoms with Crippen LogP contribution in [-0.2, 0) is 11.2 Å². The van der Waals surface area contributed by atoms with Crippen LogP contribution >= 0.6 is 0 Å². The highest BCUT2D eigenvalue weighted by atomic mass is 16.5. The lowest BCUT2D eigenvalue weighted by Gasteiger charge is -2.29. The Bertz CT molecular complexity index is 944. The van der Waals surface area contributed by atoms with E-state index in [1.807, 2.05) is 31.2 Å². The lowest BCUT2D eigenvalue weighted by Crippen LogP contribution is -2.35. The van der Waals surface area contributed by atoms with Gasteiger partial charge in [0, 0.05) is 58.7 Å². The maximum atomic E-state index is 12.2. The SMILES string of the molecule is CCOc1cc(-c2cc3cnc(CC(=O)C4CC(O)C4)cc3[nH]2)ccn1. The van der Waals surface area contributed by atoms with Crippen molar-refractivity contribution >= 4 is 16.7 Å². The lowest BCUT2D eigenvalue weighted by atomic mass is 9.78. The van der Waals surface area contributed by atoms with Crippen LogP contribution in [0.4, 0.5) is 0 Å². The summed E-state index contributed by atoms with van der Waals surface area (Å²) in [7, 11) is 0. The number of carbonyl (C=O) groups excluding carboxylic acids is 1. The number of H-pyrrole nitrogens is 1. The average Bonchev–Trinajstić information content (AvgIpc) is 3.03. The van der Waals surface area contributed by atoms with Crippen LogP contribution in [0.3, 0.4) is 0 Å². The number of nitrogens with zero attached hydrogens (tertiary/aromatic N) is 2. The summed E-state index contributed by atoms with van der Waals surface area (Å²) in [5.41, 5.74) is 3.64. The number of ether oxygens (including phenoxy) is 1. The molecule has 0 spiro atoms. The van der Waals surface area contributed by atoms with Gasteiger partial charge in [-0.05, 0) is 38.0 Å². The summed E-state index contributed by atoms with van der Waals surface area (Å²) >= 11 is 0. The maximum absolute atomic E-state index is 12.2. The van der Waals surface area contributed by atoms with E-state index in [4.69, 9.17) is 4.74 Å². The van der Waals surface area contributed by atoms with Crippen molar-refractivity contribution in [3.05, 3.63) is 42.4 Å². The van der Waals surface area contributed by atoms with E-state index >= 15 is 0 Å². The topological polar surface area (TPSA) is 88.1 Å². The Morgan fingerprint density at radius 3 is 2.92 bits per heavy atom. The van der Waals surface area contributed by atoms with Crippen LogP contribution in [-0.4, -0.2) is 38.6 Å². The number of fused-ring (bicyclic) bond motifs is 1. The standard InChI is InChI=1S/C20H21N3O3/c1-2-26-20-8-12(3-4-21-20)17-7-14-11-22-15(9-18(14)23-17)10-19(25)13-5-16(24)6-13/h3-4,7-9,11,13,16,23-24H,2,5-6,10H2,1H3. The van der Waals surface area contributed by atoms with Crippen LogP contribution in [0.15, 0.2) is 36.7 Å². The van der Waals surface area contributed by atoms with E-state index in [0.717, 1.165) is 27.9 Å². The molecule has 0 saturated heterocycles. The normalized spacial score (nSPS) is 19.3. The number of nitrogens with one attached hydrogen (secondary N) is 1. The number of ketones is 1. The van der Waals surface area contributed by atoms with Crippen LogP contribution in [0.2, 0.25) is 0 Å². The largest absolute Gasteiger partial charge is 0.478 e. The Hall–Kier alpha value is -2.73. The molecule has 0 atom stereocenters. The molecule has 0 amide bonds. The molecule has 0 bridgehead atoms. The molecule has 3 aromatic heterocycles. The average molecular weight is 351 g/mol. The van der Waals surface area contributed by atoms with Gasteiger partial charge in [0.1, 0.15) is 5.78 Å². The molecule has 1 fully saturated rings. The van der Waals surface area contributed by atoms with Gasteiger partial charge in [0.25, 0.3) is 0 Å². The van der Waals surface area contributed by atoms with E-state index in [2.05, 4.69) is 15.0 Å². The first-order valence-corrected chi connectivity index (χ1v) is 8.90. The number of hydrogen-bond acceptors (Lipinski definition) is 5. The molecule has 3 heterocycles. The van der Waals surface area contributed by atoms with Crippen molar-refractivity contribution in [3.63, 3.8) is 0 Å². The maximum Gasteiger partial charge on any atom is 0.213 e. The molecule has 0 aliphatic heterocycles. The summed E-state index contributed by atoms with van der Waals surface area (Å²) < 4.78 is 5.46. The Labute approximate surface area is 151 Å². The van der Waals surface area contributed by atoms with Crippen molar-refractivity contribution in [2.75, 3.05) is 6.61 Å². The molecule has 3 aromatic rings. The van der Waals surface area contributed by atoms with Crippen LogP contribution in [0, 0.1) is 5.92 Å². The molecule has 4 rings (SSSR count). The Kier molecular flexibility index (Phi) is 4.42. The second kappa shape index (κ2) is 6.88. The summed E-state index contributed by atoms with van der Waals surface area (Å²) in [5, 5.41) is 10.3. The van der Waals surface area contributed by atoms with Gasteiger partial charge in [-0.2, -0.15) is 0 Å². The van der Waals surface area contributed by atoms with Crippen molar-refractivity contribution in [1.29, 1.82) is 0 Å². The van der Waals surface area contributed by atoms with Gasteiger partial charge in [-0.3, -0.25) is 9.78 Å². The number of pyridine rings is 2. The lowest BCUT2D eigenvalue weighted by molar-refractivity contribution is -0.128. The fraction of sp³-hybridized carbons (Fsp3) is 0.350. The Morgan fingerprint density at radius 2 is 2.15 bits per heavy atom. The van der Waals surface area contributed by atoms with Crippen molar-refractivity contribution in [2.24, 2.45) is 5.92 Å². The van der Waals surface area contributed by atoms with Gasteiger partial charge in [0.15, 0.2) is 0 Å². The summed E-state index contributed by atoms with van der Waals surface area (Å²) in [6.07, 6.45) is 4.67. The smallest absolute Gasteiger partial charge is 0.213 e. The van der Waals surface area contributed by atoms with Crippen LogP contribution in [0.25, 0.3) is 22.2 Å². The third-order valence-corrected chi connectivity index (χ3v) is 4.82. The minimum atomic E-state index is -0.313. The van der Waals surface area contributed by atoms with Crippen molar-refractivity contribution < 1.29 is 14.6 Å². The van der Waals surface area contributed by atoms with E-state index in [1.54, 1.807) is 12.4 Å². The highest BCUT2D eigenvalue weighted by molar-refractivity contribution is 5.88. The number of carbonyl (C=O) groups is 1. The van der Waals surface area contributed by atoms with Crippen molar-refractivity contribution in [1.82, 2.24) is 15.0 Å².